The molecule has 1 saturated heterocycles. The molecule has 1 aromatic carbocycles. The first-order valence-electron chi connectivity index (χ1n) is 9.60. The van der Waals surface area contributed by atoms with Crippen LogP contribution in [-0.2, 0) is 11.3 Å². The third kappa shape index (κ3) is 4.17. The lowest BCUT2D eigenvalue weighted by Crippen LogP contribution is -2.27. The highest BCUT2D eigenvalue weighted by Gasteiger charge is 2.17. The van der Waals surface area contributed by atoms with Crippen molar-refractivity contribution in [2.45, 2.75) is 26.4 Å². The van der Waals surface area contributed by atoms with Crippen LogP contribution < -0.4 is 14.9 Å². The predicted molar refractivity (Wildman–Crippen MR) is 107 cm³/mol. The first-order valence-corrected chi connectivity index (χ1v) is 9.60. The number of para-hydroxylation sites is 1. The molecule has 1 aliphatic rings. The molecule has 0 aliphatic carbocycles. The smallest absolute Gasteiger partial charge is 0.217 e. The number of aromatic nitrogens is 2. The topological polar surface area (TPSA) is 73.4 Å². The van der Waals surface area contributed by atoms with Crippen LogP contribution in [0, 0.1) is 12.8 Å². The van der Waals surface area contributed by atoms with Crippen LogP contribution in [0.25, 0.3) is 10.9 Å². The molecule has 0 amide bonds. The third-order valence-corrected chi connectivity index (χ3v) is 5.05. The molecule has 3 aromatic rings. The Morgan fingerprint density at radius 3 is 2.89 bits per heavy atom. The van der Waals surface area contributed by atoms with Crippen molar-refractivity contribution in [3.05, 3.63) is 64.1 Å². The van der Waals surface area contributed by atoms with Crippen molar-refractivity contribution < 1.29 is 14.2 Å². The minimum Gasteiger partial charge on any atom is -0.493 e. The predicted octanol–water partition coefficient (Wildman–Crippen LogP) is 3.62. The standard InChI is InChI=1S/C22H24N2O4/c1-15-20(24-19-7-3-2-6-18(19)22(15)25)14-28-21-11-17(8-9-23-21)27-10-4-5-16-12-26-13-16/h2-3,6-9,11,16H,4-5,10,12-14H2,1H3,(H,24,25). The van der Waals surface area contributed by atoms with E-state index >= 15 is 0 Å². The molecule has 0 spiro atoms. The van der Waals surface area contributed by atoms with Crippen LogP contribution in [0.4, 0.5) is 0 Å². The quantitative estimate of drug-likeness (QED) is 0.604. The van der Waals surface area contributed by atoms with Gasteiger partial charge >= 0.3 is 0 Å². The minimum atomic E-state index is 0.0230. The van der Waals surface area contributed by atoms with Crippen LogP contribution in [0.2, 0.25) is 0 Å². The second kappa shape index (κ2) is 8.44. The number of pyridine rings is 2. The summed E-state index contributed by atoms with van der Waals surface area (Å²) in [6.07, 6.45) is 3.80. The second-order valence-corrected chi connectivity index (χ2v) is 7.12. The zero-order valence-electron chi connectivity index (χ0n) is 15.9. The molecule has 1 N–H and O–H groups in total. The van der Waals surface area contributed by atoms with Crippen LogP contribution in [-0.4, -0.2) is 29.8 Å². The summed E-state index contributed by atoms with van der Waals surface area (Å²) in [7, 11) is 0. The van der Waals surface area contributed by atoms with Gasteiger partial charge in [0.15, 0.2) is 5.43 Å². The molecule has 0 unspecified atom stereocenters. The van der Waals surface area contributed by atoms with Gasteiger partial charge in [-0.1, -0.05) is 12.1 Å². The van der Waals surface area contributed by atoms with Gasteiger partial charge in [-0.25, -0.2) is 4.98 Å². The van der Waals surface area contributed by atoms with Gasteiger partial charge in [-0.3, -0.25) is 4.79 Å². The van der Waals surface area contributed by atoms with Crippen LogP contribution in [0.15, 0.2) is 47.4 Å². The van der Waals surface area contributed by atoms with Crippen molar-refractivity contribution in [2.75, 3.05) is 19.8 Å². The van der Waals surface area contributed by atoms with E-state index in [1.807, 2.05) is 37.3 Å². The molecule has 6 heteroatoms. The van der Waals surface area contributed by atoms with E-state index < -0.39 is 0 Å². The number of rotatable bonds is 8. The average molecular weight is 380 g/mol. The Balaban J connectivity index is 1.37. The lowest BCUT2D eigenvalue weighted by atomic mass is 10.0. The van der Waals surface area contributed by atoms with Crippen LogP contribution in [0.1, 0.15) is 24.1 Å². The van der Waals surface area contributed by atoms with Crippen LogP contribution in [0.5, 0.6) is 11.6 Å². The Hall–Kier alpha value is -2.86. The molecular formula is C22H24N2O4. The number of fused-ring (bicyclic) bond motifs is 1. The summed E-state index contributed by atoms with van der Waals surface area (Å²) in [5.74, 6) is 1.89. The van der Waals surface area contributed by atoms with E-state index in [4.69, 9.17) is 14.2 Å². The molecule has 0 saturated carbocycles. The van der Waals surface area contributed by atoms with Crippen molar-refractivity contribution in [2.24, 2.45) is 5.92 Å². The molecule has 0 atom stereocenters. The van der Waals surface area contributed by atoms with Gasteiger partial charge in [0, 0.05) is 34.6 Å². The molecule has 0 bridgehead atoms. The summed E-state index contributed by atoms with van der Waals surface area (Å²) in [5, 5.41) is 0.686. The average Bonchev–Trinajstić information content (AvgIpc) is 2.68. The normalized spacial score (nSPS) is 14.0. The van der Waals surface area contributed by atoms with E-state index in [9.17, 15) is 4.79 Å². The molecule has 2 aromatic heterocycles. The lowest BCUT2D eigenvalue weighted by Gasteiger charge is -2.25. The number of hydrogen-bond acceptors (Lipinski definition) is 5. The number of benzene rings is 1. The molecule has 1 fully saturated rings. The van der Waals surface area contributed by atoms with E-state index in [-0.39, 0.29) is 12.0 Å². The second-order valence-electron chi connectivity index (χ2n) is 7.12. The maximum absolute atomic E-state index is 12.5. The number of aromatic amines is 1. The first kappa shape index (κ1) is 18.5. The number of nitrogens with one attached hydrogen (secondary N) is 1. The number of hydrogen-bond donors (Lipinski definition) is 1. The molecule has 1 aliphatic heterocycles. The highest BCUT2D eigenvalue weighted by Crippen LogP contribution is 2.20. The summed E-state index contributed by atoms with van der Waals surface area (Å²) in [6, 6.07) is 11.1. The Kier molecular flexibility index (Phi) is 5.58. The number of H-pyrrole nitrogens is 1. The largest absolute Gasteiger partial charge is 0.493 e. The minimum absolute atomic E-state index is 0.0230. The summed E-state index contributed by atoms with van der Waals surface area (Å²) in [5.41, 5.74) is 2.24. The van der Waals surface area contributed by atoms with Gasteiger partial charge in [0.2, 0.25) is 5.88 Å². The molecule has 3 heterocycles. The molecule has 146 valence electrons. The molecule has 6 nitrogen and oxygen atoms in total. The maximum Gasteiger partial charge on any atom is 0.217 e. The van der Waals surface area contributed by atoms with Gasteiger partial charge in [0.1, 0.15) is 12.4 Å². The highest BCUT2D eigenvalue weighted by molar-refractivity contribution is 5.79. The SMILES string of the molecule is Cc1c(COc2cc(OCCCC3COC3)ccn2)[nH]c2ccccc2c1=O. The summed E-state index contributed by atoms with van der Waals surface area (Å²) >= 11 is 0. The van der Waals surface area contributed by atoms with Crippen molar-refractivity contribution in [1.82, 2.24) is 9.97 Å². The number of nitrogens with zero attached hydrogens (tertiary/aromatic N) is 1. The Bertz CT molecular complexity index is 1010. The van der Waals surface area contributed by atoms with Gasteiger partial charge in [-0.2, -0.15) is 0 Å². The van der Waals surface area contributed by atoms with E-state index in [0.29, 0.717) is 29.4 Å². The van der Waals surface area contributed by atoms with E-state index in [1.165, 1.54) is 0 Å². The lowest BCUT2D eigenvalue weighted by molar-refractivity contribution is -0.0373. The van der Waals surface area contributed by atoms with Gasteiger partial charge in [0.05, 0.1) is 25.5 Å². The number of ether oxygens (including phenoxy) is 3. The molecule has 4 rings (SSSR count). The van der Waals surface area contributed by atoms with Crippen LogP contribution >= 0.6 is 0 Å². The first-order chi connectivity index (χ1) is 13.7. The maximum atomic E-state index is 12.5. The van der Waals surface area contributed by atoms with E-state index in [1.54, 1.807) is 12.3 Å². The summed E-state index contributed by atoms with van der Waals surface area (Å²) in [4.78, 5) is 20.0. The Labute approximate surface area is 163 Å². The fraction of sp³-hybridized carbons (Fsp3) is 0.364. The van der Waals surface area contributed by atoms with Gasteiger partial charge in [-0.15, -0.1) is 0 Å². The Morgan fingerprint density at radius 2 is 2.07 bits per heavy atom. The van der Waals surface area contributed by atoms with Crippen molar-refractivity contribution in [3.8, 4) is 11.6 Å². The van der Waals surface area contributed by atoms with Gasteiger partial charge < -0.3 is 19.2 Å². The third-order valence-electron chi connectivity index (χ3n) is 5.05. The van der Waals surface area contributed by atoms with E-state index in [0.717, 1.165) is 43.0 Å². The fourth-order valence-corrected chi connectivity index (χ4v) is 3.25. The zero-order valence-corrected chi connectivity index (χ0v) is 15.9. The molecular weight excluding hydrogens is 356 g/mol. The monoisotopic (exact) mass is 380 g/mol. The Morgan fingerprint density at radius 1 is 1.21 bits per heavy atom. The van der Waals surface area contributed by atoms with Gasteiger partial charge in [-0.05, 0) is 38.0 Å². The molecule has 28 heavy (non-hydrogen) atoms. The van der Waals surface area contributed by atoms with Gasteiger partial charge in [0.25, 0.3) is 0 Å². The van der Waals surface area contributed by atoms with Crippen LogP contribution in [0.3, 0.4) is 0 Å². The molecule has 0 radical (unpaired) electrons. The summed E-state index contributed by atoms with van der Waals surface area (Å²) in [6.45, 7) is 4.47. The van der Waals surface area contributed by atoms with Crippen molar-refractivity contribution >= 4 is 10.9 Å². The van der Waals surface area contributed by atoms with Crippen molar-refractivity contribution in [1.29, 1.82) is 0 Å². The van der Waals surface area contributed by atoms with Crippen molar-refractivity contribution in [3.63, 3.8) is 0 Å². The zero-order chi connectivity index (χ0) is 19.3. The summed E-state index contributed by atoms with van der Waals surface area (Å²) < 4.78 is 16.8. The highest BCUT2D eigenvalue weighted by atomic mass is 16.5. The fourth-order valence-electron chi connectivity index (χ4n) is 3.25. The van der Waals surface area contributed by atoms with E-state index in [2.05, 4.69) is 9.97 Å².